The molecule has 0 saturated carbocycles. The van der Waals surface area contributed by atoms with Gasteiger partial charge in [0.25, 0.3) is 0 Å². The van der Waals surface area contributed by atoms with Gasteiger partial charge in [0.1, 0.15) is 0 Å². The van der Waals surface area contributed by atoms with E-state index in [2.05, 4.69) is 25.8 Å². The van der Waals surface area contributed by atoms with Gasteiger partial charge in [-0.25, -0.2) is 0 Å². The van der Waals surface area contributed by atoms with E-state index in [9.17, 15) is 0 Å². The summed E-state index contributed by atoms with van der Waals surface area (Å²) < 4.78 is 0. The quantitative estimate of drug-likeness (QED) is 0.679. The van der Waals surface area contributed by atoms with Crippen molar-refractivity contribution in [3.05, 3.63) is 0 Å². The monoisotopic (exact) mass is 170 g/mol. The molecule has 0 aromatic carbocycles. The minimum absolute atomic E-state index is 0.408. The highest BCUT2D eigenvalue weighted by atomic mass is 15.2. The molecule has 0 aliphatic carbocycles. The van der Waals surface area contributed by atoms with Crippen LogP contribution in [0.5, 0.6) is 0 Å². The van der Waals surface area contributed by atoms with Crippen LogP contribution in [0.2, 0.25) is 0 Å². The summed E-state index contributed by atoms with van der Waals surface area (Å²) in [7, 11) is 2.20. The Morgan fingerprint density at radius 2 is 2.17 bits per heavy atom. The van der Waals surface area contributed by atoms with Crippen LogP contribution in [-0.2, 0) is 0 Å². The molecule has 72 valence electrons. The molecule has 0 bridgehead atoms. The van der Waals surface area contributed by atoms with E-state index in [1.165, 1.54) is 25.8 Å². The molecule has 0 spiro atoms. The fraction of sp³-hybridized carbons (Fsp3) is 1.00. The minimum Gasteiger partial charge on any atom is -0.326 e. The zero-order valence-electron chi connectivity index (χ0n) is 8.59. The zero-order chi connectivity index (χ0) is 9.14. The molecule has 0 radical (unpaired) electrons. The molecular weight excluding hydrogens is 148 g/mol. The third-order valence-electron chi connectivity index (χ3n) is 2.82. The van der Waals surface area contributed by atoms with E-state index in [4.69, 9.17) is 5.73 Å². The van der Waals surface area contributed by atoms with Gasteiger partial charge in [-0.2, -0.15) is 0 Å². The van der Waals surface area contributed by atoms with Crippen molar-refractivity contribution in [2.24, 2.45) is 11.7 Å². The zero-order valence-corrected chi connectivity index (χ0v) is 8.59. The molecule has 2 nitrogen and oxygen atoms in total. The van der Waals surface area contributed by atoms with Gasteiger partial charge in [-0.3, -0.25) is 0 Å². The Morgan fingerprint density at radius 1 is 1.50 bits per heavy atom. The van der Waals surface area contributed by atoms with Crippen molar-refractivity contribution in [1.29, 1.82) is 0 Å². The van der Waals surface area contributed by atoms with Gasteiger partial charge in [0, 0.05) is 12.1 Å². The maximum atomic E-state index is 6.08. The number of likely N-dealkylation sites (tertiary alicyclic amines) is 1. The molecule has 1 heterocycles. The fourth-order valence-electron chi connectivity index (χ4n) is 2.10. The topological polar surface area (TPSA) is 29.3 Å². The van der Waals surface area contributed by atoms with Crippen molar-refractivity contribution in [2.45, 2.75) is 45.2 Å². The SMILES string of the molecule is CC(C)CC1C(N)CCCN1C. The summed E-state index contributed by atoms with van der Waals surface area (Å²) in [4.78, 5) is 2.42. The Morgan fingerprint density at radius 3 is 2.67 bits per heavy atom. The highest BCUT2D eigenvalue weighted by Crippen LogP contribution is 2.20. The largest absolute Gasteiger partial charge is 0.326 e. The van der Waals surface area contributed by atoms with E-state index in [0.29, 0.717) is 12.1 Å². The maximum Gasteiger partial charge on any atom is 0.0246 e. The minimum atomic E-state index is 0.408. The van der Waals surface area contributed by atoms with Gasteiger partial charge in [0.2, 0.25) is 0 Å². The molecule has 0 aromatic heterocycles. The van der Waals surface area contributed by atoms with E-state index < -0.39 is 0 Å². The van der Waals surface area contributed by atoms with E-state index >= 15 is 0 Å². The number of hydrogen-bond acceptors (Lipinski definition) is 2. The lowest BCUT2D eigenvalue weighted by atomic mass is 9.91. The smallest absolute Gasteiger partial charge is 0.0246 e. The predicted octanol–water partition coefficient (Wildman–Crippen LogP) is 1.45. The van der Waals surface area contributed by atoms with Gasteiger partial charge in [-0.05, 0) is 38.8 Å². The highest BCUT2D eigenvalue weighted by molar-refractivity contribution is 4.85. The second kappa shape index (κ2) is 4.24. The molecule has 2 unspecified atom stereocenters. The van der Waals surface area contributed by atoms with E-state index in [1.54, 1.807) is 0 Å². The van der Waals surface area contributed by atoms with Gasteiger partial charge in [-0.15, -0.1) is 0 Å². The lowest BCUT2D eigenvalue weighted by Gasteiger charge is -2.38. The van der Waals surface area contributed by atoms with Gasteiger partial charge in [0.15, 0.2) is 0 Å². The van der Waals surface area contributed by atoms with Crippen LogP contribution >= 0.6 is 0 Å². The Hall–Kier alpha value is -0.0800. The molecule has 1 rings (SSSR count). The summed E-state index contributed by atoms with van der Waals surface area (Å²) in [6, 6.07) is 1.03. The Kier molecular flexibility index (Phi) is 3.53. The molecule has 2 atom stereocenters. The number of nitrogens with zero attached hydrogens (tertiary/aromatic N) is 1. The Labute approximate surface area is 76.1 Å². The summed E-state index contributed by atoms with van der Waals surface area (Å²) in [5.41, 5.74) is 6.08. The third-order valence-corrected chi connectivity index (χ3v) is 2.82. The number of nitrogens with two attached hydrogens (primary N) is 1. The molecule has 1 aliphatic heterocycles. The molecule has 1 fully saturated rings. The van der Waals surface area contributed by atoms with Gasteiger partial charge >= 0.3 is 0 Å². The van der Waals surface area contributed by atoms with Crippen molar-refractivity contribution in [2.75, 3.05) is 13.6 Å². The first-order valence-corrected chi connectivity index (χ1v) is 5.07. The molecule has 1 saturated heterocycles. The first-order valence-electron chi connectivity index (χ1n) is 5.07. The standard InChI is InChI=1S/C10H22N2/c1-8(2)7-10-9(11)5-4-6-12(10)3/h8-10H,4-7,11H2,1-3H3. The highest BCUT2D eigenvalue weighted by Gasteiger charge is 2.26. The van der Waals surface area contributed by atoms with Crippen molar-refractivity contribution >= 4 is 0 Å². The molecular formula is C10H22N2. The summed E-state index contributed by atoms with van der Waals surface area (Å²) in [6.45, 7) is 5.77. The number of rotatable bonds is 2. The van der Waals surface area contributed by atoms with Crippen molar-refractivity contribution < 1.29 is 0 Å². The van der Waals surface area contributed by atoms with E-state index in [-0.39, 0.29) is 0 Å². The summed E-state index contributed by atoms with van der Waals surface area (Å²) in [5, 5.41) is 0. The van der Waals surface area contributed by atoms with Crippen molar-refractivity contribution in [3.8, 4) is 0 Å². The van der Waals surface area contributed by atoms with Crippen LogP contribution in [-0.4, -0.2) is 30.6 Å². The molecule has 12 heavy (non-hydrogen) atoms. The second-order valence-electron chi connectivity index (χ2n) is 4.48. The van der Waals surface area contributed by atoms with Crippen molar-refractivity contribution in [1.82, 2.24) is 4.90 Å². The van der Waals surface area contributed by atoms with Crippen LogP contribution in [0.3, 0.4) is 0 Å². The first-order chi connectivity index (χ1) is 5.61. The average Bonchev–Trinajstić information content (AvgIpc) is 1.97. The average molecular weight is 170 g/mol. The Balaban J connectivity index is 2.45. The second-order valence-corrected chi connectivity index (χ2v) is 4.48. The molecule has 0 amide bonds. The van der Waals surface area contributed by atoms with Crippen LogP contribution in [0.15, 0.2) is 0 Å². The lowest BCUT2D eigenvalue weighted by Crippen LogP contribution is -2.50. The fourth-order valence-corrected chi connectivity index (χ4v) is 2.10. The van der Waals surface area contributed by atoms with Gasteiger partial charge in [-0.1, -0.05) is 13.8 Å². The van der Waals surface area contributed by atoms with Crippen LogP contribution < -0.4 is 5.73 Å². The molecule has 0 aromatic rings. The predicted molar refractivity (Wildman–Crippen MR) is 53.1 cm³/mol. The number of piperidine rings is 1. The first kappa shape index (κ1) is 10.0. The summed E-state index contributed by atoms with van der Waals surface area (Å²) in [5.74, 6) is 0.765. The van der Waals surface area contributed by atoms with Crippen LogP contribution in [0.1, 0.15) is 33.1 Å². The molecule has 2 heteroatoms. The van der Waals surface area contributed by atoms with Crippen molar-refractivity contribution in [3.63, 3.8) is 0 Å². The number of hydrogen-bond donors (Lipinski definition) is 1. The maximum absolute atomic E-state index is 6.08. The van der Waals surface area contributed by atoms with Crippen LogP contribution in [0, 0.1) is 5.92 Å². The third kappa shape index (κ3) is 2.46. The summed E-state index contributed by atoms with van der Waals surface area (Å²) >= 11 is 0. The number of likely N-dealkylation sites (N-methyl/N-ethyl adjacent to an activating group) is 1. The molecule has 1 aliphatic rings. The van der Waals surface area contributed by atoms with Gasteiger partial charge < -0.3 is 10.6 Å². The van der Waals surface area contributed by atoms with Gasteiger partial charge in [0.05, 0.1) is 0 Å². The van der Waals surface area contributed by atoms with E-state index in [1.807, 2.05) is 0 Å². The summed E-state index contributed by atoms with van der Waals surface area (Å²) in [6.07, 6.45) is 3.73. The normalized spacial score (nSPS) is 32.8. The van der Waals surface area contributed by atoms with E-state index in [0.717, 1.165) is 5.92 Å². The van der Waals surface area contributed by atoms with Crippen LogP contribution in [0.25, 0.3) is 0 Å². The lowest BCUT2D eigenvalue weighted by molar-refractivity contribution is 0.141. The Bertz CT molecular complexity index is 124. The van der Waals surface area contributed by atoms with Crippen LogP contribution in [0.4, 0.5) is 0 Å². The molecule has 2 N–H and O–H groups in total.